The van der Waals surface area contributed by atoms with Crippen molar-refractivity contribution in [2.45, 2.75) is 38.8 Å². The van der Waals surface area contributed by atoms with Crippen LogP contribution in [0.1, 0.15) is 31.1 Å². The second-order valence-corrected chi connectivity index (χ2v) is 7.07. The summed E-state index contributed by atoms with van der Waals surface area (Å²) >= 11 is 1.86. The van der Waals surface area contributed by atoms with E-state index >= 15 is 0 Å². The Balaban J connectivity index is 1.68. The van der Waals surface area contributed by atoms with Gasteiger partial charge >= 0.3 is 0 Å². The van der Waals surface area contributed by atoms with Gasteiger partial charge in [0.2, 0.25) is 0 Å². The van der Waals surface area contributed by atoms with Gasteiger partial charge in [-0.05, 0) is 37.6 Å². The number of ether oxygens (including phenoxy) is 2. The molecule has 0 N–H and O–H groups in total. The molecule has 1 aromatic heterocycles. The van der Waals surface area contributed by atoms with Gasteiger partial charge in [0.25, 0.3) is 0 Å². The topological polar surface area (TPSA) is 21.7 Å². The van der Waals surface area contributed by atoms with Crippen molar-refractivity contribution in [3.63, 3.8) is 0 Å². The van der Waals surface area contributed by atoms with Crippen molar-refractivity contribution in [3.05, 3.63) is 22.4 Å². The van der Waals surface area contributed by atoms with Gasteiger partial charge in [-0.2, -0.15) is 0 Å². The van der Waals surface area contributed by atoms with E-state index in [0.717, 1.165) is 45.9 Å². The molecule has 0 aliphatic carbocycles. The van der Waals surface area contributed by atoms with Gasteiger partial charge in [-0.3, -0.25) is 4.90 Å². The summed E-state index contributed by atoms with van der Waals surface area (Å²) in [5.74, 6) is 0. The van der Waals surface area contributed by atoms with Gasteiger partial charge in [0.1, 0.15) is 0 Å². The molecule has 3 rings (SSSR count). The normalized spacial score (nSPS) is 31.1. The van der Waals surface area contributed by atoms with Crippen molar-refractivity contribution in [1.29, 1.82) is 0 Å². The summed E-state index contributed by atoms with van der Waals surface area (Å²) in [7, 11) is 0. The molecule has 2 fully saturated rings. The molecule has 3 heterocycles. The smallest absolute Gasteiger partial charge is 0.0677 e. The predicted octanol–water partition coefficient (Wildman–Crippen LogP) is 3.16. The van der Waals surface area contributed by atoms with Crippen molar-refractivity contribution in [3.8, 4) is 0 Å². The second-order valence-electron chi connectivity index (χ2n) is 6.04. The van der Waals surface area contributed by atoms with E-state index < -0.39 is 0 Å². The van der Waals surface area contributed by atoms with Gasteiger partial charge in [-0.25, -0.2) is 0 Å². The van der Waals surface area contributed by atoms with Crippen LogP contribution >= 0.6 is 11.3 Å². The monoisotopic (exact) mass is 295 g/mol. The fourth-order valence-electron chi connectivity index (χ4n) is 3.66. The van der Waals surface area contributed by atoms with E-state index in [4.69, 9.17) is 9.47 Å². The first-order chi connectivity index (χ1) is 9.82. The van der Waals surface area contributed by atoms with Gasteiger partial charge in [0, 0.05) is 43.1 Å². The molecular formula is C16H25NO2S. The molecule has 112 valence electrons. The number of hydrogen-bond acceptors (Lipinski definition) is 4. The first-order valence-corrected chi connectivity index (χ1v) is 8.64. The zero-order valence-corrected chi connectivity index (χ0v) is 13.2. The van der Waals surface area contributed by atoms with Crippen LogP contribution in [0.25, 0.3) is 0 Å². The summed E-state index contributed by atoms with van der Waals surface area (Å²) in [6, 6.07) is 4.38. The summed E-state index contributed by atoms with van der Waals surface area (Å²) in [4.78, 5) is 4.06. The molecule has 0 aromatic carbocycles. The Kier molecular flexibility index (Phi) is 4.76. The van der Waals surface area contributed by atoms with Crippen LogP contribution in [0.4, 0.5) is 0 Å². The molecule has 2 saturated heterocycles. The van der Waals surface area contributed by atoms with Gasteiger partial charge < -0.3 is 9.47 Å². The number of piperidine rings is 1. The molecule has 4 heteroatoms. The third-order valence-corrected chi connectivity index (χ3v) is 5.48. The van der Waals surface area contributed by atoms with Crippen molar-refractivity contribution in [1.82, 2.24) is 4.90 Å². The van der Waals surface area contributed by atoms with Crippen LogP contribution in [-0.2, 0) is 16.0 Å². The highest BCUT2D eigenvalue weighted by atomic mass is 32.1. The van der Waals surface area contributed by atoms with Crippen molar-refractivity contribution < 1.29 is 9.47 Å². The van der Waals surface area contributed by atoms with Gasteiger partial charge in [-0.15, -0.1) is 11.3 Å². The quantitative estimate of drug-likeness (QED) is 0.833. The molecule has 1 aromatic rings. The van der Waals surface area contributed by atoms with Crippen molar-refractivity contribution >= 4 is 11.3 Å². The Morgan fingerprint density at radius 1 is 1.55 bits per heavy atom. The molecule has 0 radical (unpaired) electrons. The zero-order chi connectivity index (χ0) is 13.8. The molecule has 2 atom stereocenters. The highest BCUT2D eigenvalue weighted by Gasteiger charge is 2.45. The molecular weight excluding hydrogens is 270 g/mol. The van der Waals surface area contributed by atoms with Gasteiger partial charge in [0.15, 0.2) is 0 Å². The van der Waals surface area contributed by atoms with E-state index in [-0.39, 0.29) is 5.41 Å². The number of hydrogen-bond donors (Lipinski definition) is 0. The summed E-state index contributed by atoms with van der Waals surface area (Å²) in [5, 5.41) is 2.17. The van der Waals surface area contributed by atoms with Crippen LogP contribution in [0.2, 0.25) is 0 Å². The molecule has 0 bridgehead atoms. The molecule has 0 spiro atoms. The third kappa shape index (κ3) is 3.08. The lowest BCUT2D eigenvalue weighted by molar-refractivity contribution is -0.153. The summed E-state index contributed by atoms with van der Waals surface area (Å²) < 4.78 is 11.9. The fourth-order valence-corrected chi connectivity index (χ4v) is 4.40. The third-order valence-electron chi connectivity index (χ3n) is 4.62. The van der Waals surface area contributed by atoms with E-state index in [2.05, 4.69) is 29.3 Å². The summed E-state index contributed by atoms with van der Waals surface area (Å²) in [5.41, 5.74) is 0.226. The standard InChI is InChI=1S/C16H25NO2S/c1-2-18-13-16-7-4-9-19-15(16)6-8-17(12-16)11-14-5-3-10-20-14/h3,5,10,15H,2,4,6-9,11-13H2,1H3/t15-,16+/m1/s1. The minimum atomic E-state index is 0.226. The zero-order valence-electron chi connectivity index (χ0n) is 12.3. The fraction of sp³-hybridized carbons (Fsp3) is 0.750. The van der Waals surface area contributed by atoms with E-state index in [1.165, 1.54) is 17.7 Å². The molecule has 2 aliphatic rings. The number of likely N-dealkylation sites (tertiary alicyclic amines) is 1. The Morgan fingerprint density at radius 3 is 3.30 bits per heavy atom. The van der Waals surface area contributed by atoms with Crippen LogP contribution in [0.5, 0.6) is 0 Å². The number of nitrogens with zero attached hydrogens (tertiary/aromatic N) is 1. The number of thiophene rings is 1. The number of fused-ring (bicyclic) bond motifs is 1. The lowest BCUT2D eigenvalue weighted by atomic mass is 9.73. The maximum atomic E-state index is 6.06. The maximum Gasteiger partial charge on any atom is 0.0677 e. The van der Waals surface area contributed by atoms with Gasteiger partial charge in [-0.1, -0.05) is 6.07 Å². The maximum absolute atomic E-state index is 6.06. The van der Waals surface area contributed by atoms with E-state index in [1.807, 2.05) is 11.3 Å². The summed E-state index contributed by atoms with van der Waals surface area (Å²) in [6.45, 7) is 8.03. The Bertz CT molecular complexity index is 409. The lowest BCUT2D eigenvalue weighted by Gasteiger charge is -2.50. The molecule has 2 aliphatic heterocycles. The van der Waals surface area contributed by atoms with E-state index in [9.17, 15) is 0 Å². The average molecular weight is 295 g/mol. The molecule has 3 nitrogen and oxygen atoms in total. The Labute approximate surface area is 125 Å². The summed E-state index contributed by atoms with van der Waals surface area (Å²) in [6.07, 6.45) is 3.98. The van der Waals surface area contributed by atoms with Crippen molar-refractivity contribution in [2.24, 2.45) is 5.41 Å². The molecule has 0 amide bonds. The second kappa shape index (κ2) is 6.56. The van der Waals surface area contributed by atoms with Crippen LogP contribution in [0.15, 0.2) is 17.5 Å². The molecule has 0 saturated carbocycles. The highest BCUT2D eigenvalue weighted by Crippen LogP contribution is 2.40. The lowest BCUT2D eigenvalue weighted by Crippen LogP contribution is -2.56. The Hall–Kier alpha value is -0.420. The minimum Gasteiger partial charge on any atom is -0.381 e. The Morgan fingerprint density at radius 2 is 2.50 bits per heavy atom. The van der Waals surface area contributed by atoms with Crippen LogP contribution < -0.4 is 0 Å². The largest absolute Gasteiger partial charge is 0.381 e. The highest BCUT2D eigenvalue weighted by molar-refractivity contribution is 7.09. The van der Waals surface area contributed by atoms with Crippen LogP contribution in [-0.4, -0.2) is 43.9 Å². The average Bonchev–Trinajstić information content (AvgIpc) is 2.98. The first kappa shape index (κ1) is 14.5. The van der Waals surface area contributed by atoms with Crippen molar-refractivity contribution in [2.75, 3.05) is 32.9 Å². The van der Waals surface area contributed by atoms with E-state index in [1.54, 1.807) is 0 Å². The first-order valence-electron chi connectivity index (χ1n) is 7.76. The van der Waals surface area contributed by atoms with Crippen LogP contribution in [0.3, 0.4) is 0 Å². The number of rotatable bonds is 5. The van der Waals surface area contributed by atoms with E-state index in [0.29, 0.717) is 6.10 Å². The van der Waals surface area contributed by atoms with Crippen LogP contribution in [0, 0.1) is 5.41 Å². The minimum absolute atomic E-state index is 0.226. The van der Waals surface area contributed by atoms with Gasteiger partial charge in [0.05, 0.1) is 12.7 Å². The predicted molar refractivity (Wildman–Crippen MR) is 82.1 cm³/mol. The molecule has 20 heavy (non-hydrogen) atoms. The molecule has 0 unspecified atom stereocenters. The SMILES string of the molecule is CCOC[C@@]12CCCO[C@@H]1CCN(Cc1cccs1)C2.